The molecule has 4 rings (SSSR count). The second-order valence-electron chi connectivity index (χ2n) is 5.61. The van der Waals surface area contributed by atoms with E-state index >= 15 is 0 Å². The molecule has 4 nitrogen and oxygen atoms in total. The van der Waals surface area contributed by atoms with Crippen molar-refractivity contribution in [2.75, 3.05) is 0 Å². The fourth-order valence-corrected chi connectivity index (χ4v) is 3.12. The van der Waals surface area contributed by atoms with Crippen molar-refractivity contribution < 1.29 is 14.1 Å². The lowest BCUT2D eigenvalue weighted by molar-refractivity contribution is -0.431. The molecule has 1 heterocycles. The second kappa shape index (κ2) is 5.45. The predicted octanol–water partition coefficient (Wildman–Crippen LogP) is 4.62. The summed E-state index contributed by atoms with van der Waals surface area (Å²) in [4.78, 5) is 11.0. The van der Waals surface area contributed by atoms with Gasteiger partial charge in [0.1, 0.15) is 17.5 Å². The number of rotatable bonds is 2. The van der Waals surface area contributed by atoms with Crippen LogP contribution in [0, 0.1) is 15.9 Å². The molecule has 118 valence electrons. The number of benzene rings is 3. The number of nitro groups is 1. The van der Waals surface area contributed by atoms with Gasteiger partial charge in [-0.25, -0.2) is 4.39 Å². The van der Waals surface area contributed by atoms with Crippen LogP contribution in [0.1, 0.15) is 17.0 Å². The Labute approximate surface area is 137 Å². The number of nitrogens with zero attached hydrogens (tertiary/aromatic N) is 1. The largest absolute Gasteiger partial charge is 0.457 e. The average molecular weight is 321 g/mol. The Morgan fingerprint density at radius 3 is 2.50 bits per heavy atom. The van der Waals surface area contributed by atoms with Crippen LogP contribution in [0.15, 0.2) is 72.6 Å². The second-order valence-corrected chi connectivity index (χ2v) is 5.61. The number of fused-ring (bicyclic) bond motifs is 3. The SMILES string of the molecule is O=[N+]([O-])C1=COc2c(ccc3ccccc23)C1c1ccc(F)cc1. The number of allylic oxidation sites excluding steroid dienone is 1. The zero-order valence-electron chi connectivity index (χ0n) is 12.5. The minimum Gasteiger partial charge on any atom is -0.457 e. The number of ether oxygens (including phenoxy) is 1. The summed E-state index contributed by atoms with van der Waals surface area (Å²) in [6.45, 7) is 0. The van der Waals surface area contributed by atoms with Gasteiger partial charge in [-0.2, -0.15) is 0 Å². The molecular weight excluding hydrogens is 309 g/mol. The molecule has 1 aliphatic heterocycles. The van der Waals surface area contributed by atoms with Crippen LogP contribution >= 0.6 is 0 Å². The van der Waals surface area contributed by atoms with Crippen LogP contribution < -0.4 is 4.74 Å². The summed E-state index contributed by atoms with van der Waals surface area (Å²) < 4.78 is 18.8. The van der Waals surface area contributed by atoms with E-state index in [0.29, 0.717) is 16.9 Å². The standard InChI is InChI=1S/C19H12FNO3/c20-14-8-5-13(6-9-14)18-16-10-7-12-3-1-2-4-15(12)19(16)24-11-17(18)21(22)23/h1-11,18H. The van der Waals surface area contributed by atoms with E-state index in [4.69, 9.17) is 4.74 Å². The van der Waals surface area contributed by atoms with Crippen LogP contribution in [-0.2, 0) is 0 Å². The quantitative estimate of drug-likeness (QED) is 0.511. The summed E-state index contributed by atoms with van der Waals surface area (Å²) in [5.41, 5.74) is 1.29. The van der Waals surface area contributed by atoms with Crippen molar-refractivity contribution in [3.8, 4) is 5.75 Å². The van der Waals surface area contributed by atoms with Crippen LogP contribution in [0.5, 0.6) is 5.75 Å². The van der Waals surface area contributed by atoms with Crippen molar-refractivity contribution in [3.05, 3.63) is 99.7 Å². The molecular formula is C19H12FNO3. The molecule has 0 bridgehead atoms. The zero-order valence-corrected chi connectivity index (χ0v) is 12.5. The van der Waals surface area contributed by atoms with Gasteiger partial charge in [0.25, 0.3) is 5.70 Å². The van der Waals surface area contributed by atoms with E-state index in [-0.39, 0.29) is 11.5 Å². The topological polar surface area (TPSA) is 52.4 Å². The predicted molar refractivity (Wildman–Crippen MR) is 87.9 cm³/mol. The van der Waals surface area contributed by atoms with Crippen molar-refractivity contribution >= 4 is 10.8 Å². The summed E-state index contributed by atoms with van der Waals surface area (Å²) in [6.07, 6.45) is 1.18. The highest BCUT2D eigenvalue weighted by Gasteiger charge is 2.35. The smallest absolute Gasteiger partial charge is 0.292 e. The maximum atomic E-state index is 13.2. The first-order valence-electron chi connectivity index (χ1n) is 7.43. The first-order chi connectivity index (χ1) is 11.6. The van der Waals surface area contributed by atoms with E-state index < -0.39 is 10.8 Å². The molecule has 0 radical (unpaired) electrons. The van der Waals surface area contributed by atoms with Crippen molar-refractivity contribution in [2.24, 2.45) is 0 Å². The minimum atomic E-state index is -0.603. The maximum Gasteiger partial charge on any atom is 0.292 e. The summed E-state index contributed by atoms with van der Waals surface area (Å²) in [5, 5.41) is 13.3. The molecule has 0 aromatic heterocycles. The van der Waals surface area contributed by atoms with Gasteiger partial charge in [0.2, 0.25) is 0 Å². The molecule has 1 aliphatic rings. The van der Waals surface area contributed by atoms with Gasteiger partial charge in [-0.05, 0) is 23.1 Å². The first kappa shape index (κ1) is 14.4. The highest BCUT2D eigenvalue weighted by molar-refractivity contribution is 5.90. The highest BCUT2D eigenvalue weighted by atomic mass is 19.1. The number of hydrogen-bond acceptors (Lipinski definition) is 3. The van der Waals surface area contributed by atoms with Crippen molar-refractivity contribution in [1.82, 2.24) is 0 Å². The average Bonchev–Trinajstić information content (AvgIpc) is 2.61. The minimum absolute atomic E-state index is 0.0654. The van der Waals surface area contributed by atoms with E-state index in [0.717, 1.165) is 10.8 Å². The summed E-state index contributed by atoms with van der Waals surface area (Å²) >= 11 is 0. The maximum absolute atomic E-state index is 13.2. The van der Waals surface area contributed by atoms with Crippen LogP contribution in [0.4, 0.5) is 4.39 Å². The van der Waals surface area contributed by atoms with Crippen molar-refractivity contribution in [2.45, 2.75) is 5.92 Å². The summed E-state index contributed by atoms with van der Waals surface area (Å²) in [7, 11) is 0. The zero-order chi connectivity index (χ0) is 16.7. The van der Waals surface area contributed by atoms with E-state index in [1.165, 1.54) is 18.4 Å². The molecule has 0 amide bonds. The lowest BCUT2D eigenvalue weighted by atomic mass is 9.86. The molecule has 0 N–H and O–H groups in total. The summed E-state index contributed by atoms with van der Waals surface area (Å²) in [6, 6.07) is 17.2. The van der Waals surface area contributed by atoms with Gasteiger partial charge in [-0.1, -0.05) is 48.5 Å². The fourth-order valence-electron chi connectivity index (χ4n) is 3.12. The van der Waals surface area contributed by atoms with Crippen LogP contribution in [-0.4, -0.2) is 4.92 Å². The third kappa shape index (κ3) is 2.22. The molecule has 0 saturated heterocycles. The Bertz CT molecular complexity index is 980. The molecule has 3 aromatic carbocycles. The Morgan fingerprint density at radius 1 is 1.00 bits per heavy atom. The van der Waals surface area contributed by atoms with Gasteiger partial charge in [0.05, 0.1) is 4.92 Å². The van der Waals surface area contributed by atoms with E-state index in [9.17, 15) is 14.5 Å². The van der Waals surface area contributed by atoms with Gasteiger partial charge in [-0.3, -0.25) is 10.1 Å². The number of halogens is 1. The van der Waals surface area contributed by atoms with Crippen molar-refractivity contribution in [1.29, 1.82) is 0 Å². The van der Waals surface area contributed by atoms with Gasteiger partial charge in [-0.15, -0.1) is 0 Å². The van der Waals surface area contributed by atoms with E-state index in [2.05, 4.69) is 0 Å². The van der Waals surface area contributed by atoms with E-state index in [1.54, 1.807) is 12.1 Å². The molecule has 3 aromatic rings. The fraction of sp³-hybridized carbons (Fsp3) is 0.0526. The van der Waals surface area contributed by atoms with Gasteiger partial charge < -0.3 is 4.74 Å². The Kier molecular flexibility index (Phi) is 3.27. The first-order valence-corrected chi connectivity index (χ1v) is 7.43. The third-order valence-electron chi connectivity index (χ3n) is 4.23. The lowest BCUT2D eigenvalue weighted by Gasteiger charge is -2.23. The van der Waals surface area contributed by atoms with Gasteiger partial charge in [0, 0.05) is 10.9 Å². The molecule has 1 unspecified atom stereocenters. The van der Waals surface area contributed by atoms with Gasteiger partial charge >= 0.3 is 0 Å². The highest BCUT2D eigenvalue weighted by Crippen LogP contribution is 2.44. The Morgan fingerprint density at radius 2 is 1.75 bits per heavy atom. The molecule has 0 aliphatic carbocycles. The third-order valence-corrected chi connectivity index (χ3v) is 4.23. The van der Waals surface area contributed by atoms with E-state index in [1.807, 2.05) is 36.4 Å². The van der Waals surface area contributed by atoms with Crippen molar-refractivity contribution in [3.63, 3.8) is 0 Å². The Hall–Kier alpha value is -3.21. The molecule has 0 fully saturated rings. The molecule has 0 spiro atoms. The number of hydrogen-bond donors (Lipinski definition) is 0. The molecule has 5 heteroatoms. The molecule has 24 heavy (non-hydrogen) atoms. The Balaban J connectivity index is 1.96. The summed E-state index contributed by atoms with van der Waals surface area (Å²) in [5.74, 6) is -0.377. The van der Waals surface area contributed by atoms with Crippen LogP contribution in [0.3, 0.4) is 0 Å². The molecule has 1 atom stereocenters. The lowest BCUT2D eigenvalue weighted by Crippen LogP contribution is -2.17. The monoisotopic (exact) mass is 321 g/mol. The molecule has 0 saturated carbocycles. The van der Waals surface area contributed by atoms with Crippen LogP contribution in [0.2, 0.25) is 0 Å². The van der Waals surface area contributed by atoms with Gasteiger partial charge in [0.15, 0.2) is 6.26 Å². The van der Waals surface area contributed by atoms with Crippen LogP contribution in [0.25, 0.3) is 10.8 Å². The normalized spacial score (nSPS) is 16.2.